The Morgan fingerprint density at radius 1 is 1.19 bits per heavy atom. The van der Waals surface area contributed by atoms with E-state index in [1.807, 2.05) is 36.2 Å². The molecule has 0 radical (unpaired) electrons. The molecule has 3 fully saturated rings. The smallest absolute Gasteiger partial charge is 0.253 e. The summed E-state index contributed by atoms with van der Waals surface area (Å²) >= 11 is 3.44. The molecular formula is C20H27BrN2O3. The molecule has 26 heavy (non-hydrogen) atoms. The third-order valence-electron chi connectivity index (χ3n) is 6.12. The second kappa shape index (κ2) is 7.58. The highest BCUT2D eigenvalue weighted by molar-refractivity contribution is 9.10. The molecule has 1 aromatic carbocycles. The molecule has 1 spiro atoms. The number of halogens is 1. The Hall–Kier alpha value is -0.950. The zero-order chi connectivity index (χ0) is 18.1. The predicted octanol–water partition coefficient (Wildman–Crippen LogP) is 3.28. The summed E-state index contributed by atoms with van der Waals surface area (Å²) in [5, 5.41) is 0. The molecule has 0 aromatic heterocycles. The average Bonchev–Trinajstić information content (AvgIpc) is 3.34. The summed E-state index contributed by atoms with van der Waals surface area (Å²) in [6.45, 7) is 3.59. The zero-order valence-corrected chi connectivity index (χ0v) is 16.9. The Bertz CT molecular complexity index is 639. The number of rotatable bonds is 3. The molecule has 2 atom stereocenters. The molecule has 1 aliphatic carbocycles. The minimum absolute atomic E-state index is 0.0934. The lowest BCUT2D eigenvalue weighted by Crippen LogP contribution is -2.58. The van der Waals surface area contributed by atoms with Gasteiger partial charge in [0.15, 0.2) is 5.79 Å². The fourth-order valence-corrected chi connectivity index (χ4v) is 4.98. The molecule has 0 bridgehead atoms. The summed E-state index contributed by atoms with van der Waals surface area (Å²) in [4.78, 5) is 17.6. The summed E-state index contributed by atoms with van der Waals surface area (Å²) in [5.74, 6) is -0.332. The Morgan fingerprint density at radius 3 is 2.50 bits per heavy atom. The van der Waals surface area contributed by atoms with Gasteiger partial charge >= 0.3 is 0 Å². The van der Waals surface area contributed by atoms with Gasteiger partial charge in [-0.1, -0.05) is 15.9 Å². The van der Waals surface area contributed by atoms with E-state index in [2.05, 4.69) is 20.8 Å². The number of amides is 1. The van der Waals surface area contributed by atoms with Crippen molar-refractivity contribution >= 4 is 21.8 Å². The van der Waals surface area contributed by atoms with Crippen molar-refractivity contribution in [2.24, 2.45) is 0 Å². The van der Waals surface area contributed by atoms with E-state index < -0.39 is 5.79 Å². The number of ether oxygens (including phenoxy) is 2. The first kappa shape index (κ1) is 18.4. The molecule has 1 aromatic rings. The van der Waals surface area contributed by atoms with Crippen molar-refractivity contribution in [1.82, 2.24) is 9.80 Å². The van der Waals surface area contributed by atoms with Gasteiger partial charge in [0.05, 0.1) is 13.2 Å². The summed E-state index contributed by atoms with van der Waals surface area (Å²) in [6, 6.07) is 8.13. The number of likely N-dealkylation sites (tertiary alicyclic amines) is 1. The van der Waals surface area contributed by atoms with Crippen LogP contribution in [0.5, 0.6) is 0 Å². The largest absolute Gasteiger partial charge is 0.347 e. The summed E-state index contributed by atoms with van der Waals surface area (Å²) < 4.78 is 13.0. The van der Waals surface area contributed by atoms with Crippen LogP contribution in [0.4, 0.5) is 0 Å². The Morgan fingerprint density at radius 2 is 1.85 bits per heavy atom. The van der Waals surface area contributed by atoms with Gasteiger partial charge in [0.25, 0.3) is 5.91 Å². The van der Waals surface area contributed by atoms with E-state index in [1.54, 1.807) is 0 Å². The maximum atomic E-state index is 13.1. The second-order valence-electron chi connectivity index (χ2n) is 7.65. The molecule has 1 saturated carbocycles. The molecule has 4 rings (SSSR count). The fraction of sp³-hybridized carbons (Fsp3) is 0.650. The van der Waals surface area contributed by atoms with Crippen LogP contribution in [0.1, 0.15) is 42.5 Å². The number of hydrogen-bond donors (Lipinski definition) is 0. The van der Waals surface area contributed by atoms with Gasteiger partial charge in [0.1, 0.15) is 0 Å². The molecule has 0 unspecified atom stereocenters. The summed E-state index contributed by atoms with van der Waals surface area (Å²) in [6.07, 6.45) is 5.11. The molecule has 5 nitrogen and oxygen atoms in total. The molecule has 3 aliphatic rings. The normalized spacial score (nSPS) is 28.5. The number of hydrogen-bond acceptors (Lipinski definition) is 4. The van der Waals surface area contributed by atoms with Gasteiger partial charge < -0.3 is 14.4 Å². The van der Waals surface area contributed by atoms with Crippen molar-refractivity contribution in [2.45, 2.75) is 50.0 Å². The van der Waals surface area contributed by atoms with Crippen LogP contribution in [-0.2, 0) is 9.47 Å². The van der Waals surface area contributed by atoms with E-state index in [-0.39, 0.29) is 11.9 Å². The lowest BCUT2D eigenvalue weighted by molar-refractivity contribution is -0.196. The van der Waals surface area contributed by atoms with E-state index >= 15 is 0 Å². The fourth-order valence-electron chi connectivity index (χ4n) is 4.72. The van der Waals surface area contributed by atoms with Crippen LogP contribution in [0, 0.1) is 0 Å². The molecule has 2 heterocycles. The Kier molecular flexibility index (Phi) is 5.37. The quantitative estimate of drug-likeness (QED) is 0.749. The van der Waals surface area contributed by atoms with Crippen LogP contribution in [0.2, 0.25) is 0 Å². The van der Waals surface area contributed by atoms with Crippen molar-refractivity contribution in [3.8, 4) is 0 Å². The van der Waals surface area contributed by atoms with Gasteiger partial charge in [-0.3, -0.25) is 9.69 Å². The molecule has 2 saturated heterocycles. The van der Waals surface area contributed by atoms with Crippen LogP contribution >= 0.6 is 15.9 Å². The molecule has 1 amide bonds. The van der Waals surface area contributed by atoms with Crippen molar-refractivity contribution < 1.29 is 14.3 Å². The van der Waals surface area contributed by atoms with Gasteiger partial charge in [-0.15, -0.1) is 0 Å². The Balaban J connectivity index is 1.54. The first-order chi connectivity index (χ1) is 12.6. The van der Waals surface area contributed by atoms with Crippen LogP contribution in [0.3, 0.4) is 0 Å². The molecule has 6 heteroatoms. The highest BCUT2D eigenvalue weighted by atomic mass is 79.9. The van der Waals surface area contributed by atoms with Crippen LogP contribution in [0.15, 0.2) is 28.7 Å². The molecule has 142 valence electrons. The van der Waals surface area contributed by atoms with E-state index in [1.165, 1.54) is 12.8 Å². The van der Waals surface area contributed by atoms with Gasteiger partial charge in [-0.25, -0.2) is 0 Å². The third kappa shape index (κ3) is 3.57. The van der Waals surface area contributed by atoms with Crippen molar-refractivity contribution in [3.63, 3.8) is 0 Å². The van der Waals surface area contributed by atoms with Crippen molar-refractivity contribution in [3.05, 3.63) is 34.3 Å². The van der Waals surface area contributed by atoms with Crippen LogP contribution < -0.4 is 0 Å². The highest BCUT2D eigenvalue weighted by Gasteiger charge is 2.48. The minimum atomic E-state index is -0.425. The van der Waals surface area contributed by atoms with E-state index in [0.29, 0.717) is 19.3 Å². The zero-order valence-electron chi connectivity index (χ0n) is 15.3. The standard InChI is InChI=1S/C20H27BrN2O3/c1-22(19(24)15-4-6-16(21)7-5-15)17-8-9-20(25-12-13-26-20)14-18(17)23-10-2-3-11-23/h4-7,17-18H,2-3,8-14H2,1H3/t17-,18-/m1/s1. The van der Waals surface area contributed by atoms with Crippen molar-refractivity contribution in [1.29, 1.82) is 0 Å². The van der Waals surface area contributed by atoms with Crippen LogP contribution in [-0.4, -0.2) is 66.9 Å². The lowest BCUT2D eigenvalue weighted by Gasteiger charge is -2.47. The monoisotopic (exact) mass is 422 g/mol. The first-order valence-corrected chi connectivity index (χ1v) is 10.4. The molecule has 2 aliphatic heterocycles. The number of carbonyl (C=O) groups is 1. The second-order valence-corrected chi connectivity index (χ2v) is 8.57. The number of nitrogens with zero attached hydrogens (tertiary/aromatic N) is 2. The SMILES string of the molecule is CN(C(=O)c1ccc(Br)cc1)[C@@H]1CCC2(C[C@H]1N1CCCC1)OCCO2. The summed E-state index contributed by atoms with van der Waals surface area (Å²) in [5.41, 5.74) is 0.740. The average molecular weight is 423 g/mol. The van der Waals surface area contributed by atoms with Gasteiger partial charge in [-0.2, -0.15) is 0 Å². The summed E-state index contributed by atoms with van der Waals surface area (Å²) in [7, 11) is 1.95. The lowest BCUT2D eigenvalue weighted by atomic mass is 9.83. The first-order valence-electron chi connectivity index (χ1n) is 9.63. The van der Waals surface area contributed by atoms with E-state index in [0.717, 1.165) is 42.4 Å². The van der Waals surface area contributed by atoms with Crippen molar-refractivity contribution in [2.75, 3.05) is 33.4 Å². The maximum Gasteiger partial charge on any atom is 0.253 e. The van der Waals surface area contributed by atoms with Gasteiger partial charge in [0.2, 0.25) is 0 Å². The van der Waals surface area contributed by atoms with E-state index in [4.69, 9.17) is 9.47 Å². The van der Waals surface area contributed by atoms with Gasteiger partial charge in [0, 0.05) is 42.0 Å². The number of carbonyl (C=O) groups excluding carboxylic acids is 1. The third-order valence-corrected chi connectivity index (χ3v) is 6.65. The Labute approximate surface area is 163 Å². The maximum absolute atomic E-state index is 13.1. The predicted molar refractivity (Wildman–Crippen MR) is 103 cm³/mol. The van der Waals surface area contributed by atoms with Crippen LogP contribution in [0.25, 0.3) is 0 Å². The highest BCUT2D eigenvalue weighted by Crippen LogP contribution is 2.40. The molecular weight excluding hydrogens is 396 g/mol. The topological polar surface area (TPSA) is 42.0 Å². The van der Waals surface area contributed by atoms with E-state index in [9.17, 15) is 4.79 Å². The van der Waals surface area contributed by atoms with Gasteiger partial charge in [-0.05, 0) is 56.6 Å². The molecule has 0 N–H and O–H groups in total. The minimum Gasteiger partial charge on any atom is -0.347 e. The number of likely N-dealkylation sites (N-methyl/N-ethyl adjacent to an activating group) is 1. The number of benzene rings is 1.